The molecule has 2 heterocycles. The zero-order chi connectivity index (χ0) is 23.5. The normalized spacial score (nSPS) is 16.5. The van der Waals surface area contributed by atoms with Crippen LogP contribution in [0.1, 0.15) is 41.0 Å². The van der Waals surface area contributed by atoms with E-state index in [0.29, 0.717) is 12.1 Å². The molecule has 0 saturated heterocycles. The highest BCUT2D eigenvalue weighted by atomic mass is 19.4. The van der Waals surface area contributed by atoms with Crippen molar-refractivity contribution < 1.29 is 27.5 Å². The minimum atomic E-state index is -4.47. The number of alkyl halides is 3. The number of amides is 2. The third-order valence-electron chi connectivity index (χ3n) is 4.89. The van der Waals surface area contributed by atoms with E-state index >= 15 is 0 Å². The minimum absolute atomic E-state index is 0.00205. The van der Waals surface area contributed by atoms with Crippen molar-refractivity contribution in [3.8, 4) is 5.75 Å². The second-order valence-corrected chi connectivity index (χ2v) is 7.16. The van der Waals surface area contributed by atoms with Crippen LogP contribution in [0.2, 0.25) is 0 Å². The zero-order valence-electron chi connectivity index (χ0n) is 17.4. The molecule has 0 spiro atoms. The van der Waals surface area contributed by atoms with Gasteiger partial charge in [0.2, 0.25) is 5.91 Å². The Bertz CT molecular complexity index is 1040. The van der Waals surface area contributed by atoms with Gasteiger partial charge in [0.25, 0.3) is 5.91 Å². The average Bonchev–Trinajstić information content (AvgIpc) is 2.75. The molecule has 3 rings (SSSR count). The highest BCUT2D eigenvalue weighted by molar-refractivity contribution is 6.03. The van der Waals surface area contributed by atoms with Crippen molar-refractivity contribution in [2.45, 2.75) is 32.0 Å². The molecule has 1 unspecified atom stereocenters. The number of pyridine rings is 1. The predicted octanol–water partition coefficient (Wildman–Crippen LogP) is 3.06. The van der Waals surface area contributed by atoms with E-state index in [1.54, 1.807) is 19.2 Å². The van der Waals surface area contributed by atoms with Crippen molar-refractivity contribution in [2.75, 3.05) is 19.0 Å². The number of benzene rings is 1. The maximum atomic E-state index is 12.5. The largest absolute Gasteiger partial charge is 0.483 e. The van der Waals surface area contributed by atoms with Gasteiger partial charge in [-0.3, -0.25) is 14.5 Å². The SMILES string of the molecule is CCc1ccc(NC(=O)c2ccc(OCC(F)(F)F)cn2)cc1C1CC(=O)N(C)C(N)=N1. The average molecular weight is 449 g/mol. The topological polar surface area (TPSA) is 110 Å². The summed E-state index contributed by atoms with van der Waals surface area (Å²) in [5.74, 6) is -0.684. The Labute approximate surface area is 182 Å². The number of carbonyl (C=O) groups excluding carboxylic acids is 2. The van der Waals surface area contributed by atoms with Gasteiger partial charge in [0.05, 0.1) is 18.7 Å². The number of hydrogen-bond acceptors (Lipinski definition) is 6. The first-order chi connectivity index (χ1) is 15.1. The van der Waals surface area contributed by atoms with Crippen molar-refractivity contribution in [1.29, 1.82) is 0 Å². The highest BCUT2D eigenvalue weighted by Gasteiger charge is 2.29. The van der Waals surface area contributed by atoms with E-state index < -0.39 is 24.7 Å². The van der Waals surface area contributed by atoms with Gasteiger partial charge in [-0.05, 0) is 41.8 Å². The lowest BCUT2D eigenvalue weighted by Crippen LogP contribution is -2.42. The zero-order valence-corrected chi connectivity index (χ0v) is 17.4. The molecule has 1 atom stereocenters. The molecule has 1 aliphatic rings. The number of guanidine groups is 1. The Kier molecular flexibility index (Phi) is 6.66. The molecule has 0 radical (unpaired) electrons. The van der Waals surface area contributed by atoms with Crippen LogP contribution in [0.15, 0.2) is 41.5 Å². The Balaban J connectivity index is 1.76. The Morgan fingerprint density at radius 3 is 2.66 bits per heavy atom. The maximum absolute atomic E-state index is 12.5. The van der Waals surface area contributed by atoms with Crippen LogP contribution in [0.4, 0.5) is 18.9 Å². The summed E-state index contributed by atoms with van der Waals surface area (Å²) in [4.78, 5) is 34.3. The van der Waals surface area contributed by atoms with Gasteiger partial charge in [0, 0.05) is 12.7 Å². The fraction of sp³-hybridized carbons (Fsp3) is 0.333. The first-order valence-electron chi connectivity index (χ1n) is 9.77. The molecular formula is C21H22F3N5O3. The van der Waals surface area contributed by atoms with E-state index in [-0.39, 0.29) is 29.7 Å². The third-order valence-corrected chi connectivity index (χ3v) is 4.89. The molecule has 2 amide bonds. The third kappa shape index (κ3) is 5.54. The fourth-order valence-corrected chi connectivity index (χ4v) is 3.17. The molecule has 11 heteroatoms. The standard InChI is InChI=1S/C21H22F3N5O3/c1-3-12-4-5-13(8-15(12)17-9-18(30)29(2)20(25)28-17)27-19(31)16-7-6-14(10-26-16)32-11-21(22,23)24/h4-8,10,17H,3,9,11H2,1-2H3,(H2,25,28)(H,27,31). The summed E-state index contributed by atoms with van der Waals surface area (Å²) in [7, 11) is 1.56. The first-order valence-corrected chi connectivity index (χ1v) is 9.77. The van der Waals surface area contributed by atoms with Gasteiger partial charge < -0.3 is 15.8 Å². The van der Waals surface area contributed by atoms with Crippen molar-refractivity contribution in [1.82, 2.24) is 9.88 Å². The highest BCUT2D eigenvalue weighted by Crippen LogP contribution is 2.31. The molecule has 1 aromatic carbocycles. The van der Waals surface area contributed by atoms with E-state index in [0.717, 1.165) is 17.3 Å². The van der Waals surface area contributed by atoms with Gasteiger partial charge in [0.1, 0.15) is 11.4 Å². The van der Waals surface area contributed by atoms with E-state index in [1.807, 2.05) is 13.0 Å². The van der Waals surface area contributed by atoms with Gasteiger partial charge in [-0.15, -0.1) is 0 Å². The number of nitrogens with two attached hydrogens (primary N) is 1. The number of halogens is 3. The number of carbonyl (C=O) groups is 2. The van der Waals surface area contributed by atoms with Crippen molar-refractivity contribution >= 4 is 23.5 Å². The van der Waals surface area contributed by atoms with Crippen LogP contribution in [0.5, 0.6) is 5.75 Å². The summed E-state index contributed by atoms with van der Waals surface area (Å²) in [6.45, 7) is 0.520. The summed E-state index contributed by atoms with van der Waals surface area (Å²) in [6.07, 6.45) is -2.57. The number of hydrogen-bond donors (Lipinski definition) is 2. The monoisotopic (exact) mass is 449 g/mol. The number of anilines is 1. The summed E-state index contributed by atoms with van der Waals surface area (Å²) in [6, 6.07) is 7.32. The summed E-state index contributed by atoms with van der Waals surface area (Å²) in [5, 5.41) is 2.70. The summed E-state index contributed by atoms with van der Waals surface area (Å²) < 4.78 is 41.3. The molecule has 170 valence electrons. The lowest BCUT2D eigenvalue weighted by atomic mass is 9.95. The van der Waals surface area contributed by atoms with Crippen molar-refractivity contribution in [3.63, 3.8) is 0 Å². The number of aliphatic imine (C=N–C) groups is 1. The van der Waals surface area contributed by atoms with Crippen LogP contribution in [0, 0.1) is 0 Å². The van der Waals surface area contributed by atoms with Gasteiger partial charge in [-0.2, -0.15) is 13.2 Å². The molecule has 8 nitrogen and oxygen atoms in total. The number of aromatic nitrogens is 1. The molecule has 0 bridgehead atoms. The van der Waals surface area contributed by atoms with E-state index in [4.69, 9.17) is 5.73 Å². The van der Waals surface area contributed by atoms with Crippen LogP contribution in [0.3, 0.4) is 0 Å². The van der Waals surface area contributed by atoms with Gasteiger partial charge in [-0.25, -0.2) is 9.98 Å². The summed E-state index contributed by atoms with van der Waals surface area (Å²) in [5.41, 5.74) is 8.05. The lowest BCUT2D eigenvalue weighted by Gasteiger charge is -2.27. The first kappa shape index (κ1) is 23.0. The molecule has 0 saturated carbocycles. The predicted molar refractivity (Wildman–Crippen MR) is 111 cm³/mol. The van der Waals surface area contributed by atoms with Gasteiger partial charge in [-0.1, -0.05) is 13.0 Å². The van der Waals surface area contributed by atoms with E-state index in [2.05, 4.69) is 20.0 Å². The summed E-state index contributed by atoms with van der Waals surface area (Å²) >= 11 is 0. The van der Waals surface area contributed by atoms with Gasteiger partial charge >= 0.3 is 6.18 Å². The molecule has 3 N–H and O–H groups in total. The van der Waals surface area contributed by atoms with Crippen LogP contribution < -0.4 is 15.8 Å². The lowest BCUT2D eigenvalue weighted by molar-refractivity contribution is -0.153. The second-order valence-electron chi connectivity index (χ2n) is 7.16. The van der Waals surface area contributed by atoms with Gasteiger partial charge in [0.15, 0.2) is 12.6 Å². The number of aryl methyl sites for hydroxylation is 1. The number of ether oxygens (including phenoxy) is 1. The maximum Gasteiger partial charge on any atom is 0.422 e. The van der Waals surface area contributed by atoms with E-state index in [1.165, 1.54) is 17.0 Å². The Hall–Kier alpha value is -3.63. The molecule has 1 aromatic heterocycles. The van der Waals surface area contributed by atoms with Crippen molar-refractivity contribution in [3.05, 3.63) is 53.3 Å². The van der Waals surface area contributed by atoms with Crippen LogP contribution in [0.25, 0.3) is 0 Å². The van der Waals surface area contributed by atoms with Crippen LogP contribution in [-0.4, -0.2) is 47.5 Å². The van der Waals surface area contributed by atoms with Crippen LogP contribution in [-0.2, 0) is 11.2 Å². The van der Waals surface area contributed by atoms with Crippen molar-refractivity contribution in [2.24, 2.45) is 10.7 Å². The van der Waals surface area contributed by atoms with Crippen LogP contribution >= 0.6 is 0 Å². The number of rotatable bonds is 6. The minimum Gasteiger partial charge on any atom is -0.483 e. The Morgan fingerprint density at radius 1 is 1.31 bits per heavy atom. The molecular weight excluding hydrogens is 427 g/mol. The quantitative estimate of drug-likeness (QED) is 0.705. The fourth-order valence-electron chi connectivity index (χ4n) is 3.17. The van der Waals surface area contributed by atoms with E-state index in [9.17, 15) is 22.8 Å². The Morgan fingerprint density at radius 2 is 2.06 bits per heavy atom. The number of nitrogens with one attached hydrogen (secondary N) is 1. The second kappa shape index (κ2) is 9.25. The molecule has 0 aliphatic carbocycles. The molecule has 1 aliphatic heterocycles. The molecule has 32 heavy (non-hydrogen) atoms. The molecule has 0 fully saturated rings. The number of nitrogens with zero attached hydrogens (tertiary/aromatic N) is 3. The molecule has 2 aromatic rings. The smallest absolute Gasteiger partial charge is 0.422 e.